The van der Waals surface area contributed by atoms with E-state index in [0.717, 1.165) is 30.2 Å². The van der Waals surface area contributed by atoms with Gasteiger partial charge >= 0.3 is 0 Å². The van der Waals surface area contributed by atoms with Crippen molar-refractivity contribution >= 4 is 11.8 Å². The lowest BCUT2D eigenvalue weighted by atomic mass is 10.1. The molecule has 0 amide bonds. The highest BCUT2D eigenvalue weighted by molar-refractivity contribution is 7.99. The third-order valence-corrected chi connectivity index (χ3v) is 4.16. The van der Waals surface area contributed by atoms with E-state index in [1.807, 2.05) is 0 Å². The van der Waals surface area contributed by atoms with Crippen LogP contribution >= 0.6 is 11.8 Å². The Morgan fingerprint density at radius 3 is 3.12 bits per heavy atom. The van der Waals surface area contributed by atoms with E-state index < -0.39 is 0 Å². The van der Waals surface area contributed by atoms with Gasteiger partial charge in [-0.15, -0.1) is 11.8 Å². The highest BCUT2D eigenvalue weighted by Crippen LogP contribution is 2.28. The smallest absolute Gasteiger partial charge is 0.101 e. The largest absolute Gasteiger partial charge is 0.385 e. The summed E-state index contributed by atoms with van der Waals surface area (Å²) in [6.07, 6.45) is 4.60. The molecule has 2 N–H and O–H groups in total. The second kappa shape index (κ2) is 6.38. The molecule has 0 saturated heterocycles. The second-order valence-corrected chi connectivity index (χ2v) is 5.39. The van der Waals surface area contributed by atoms with E-state index in [1.165, 1.54) is 29.7 Å². The van der Waals surface area contributed by atoms with Gasteiger partial charge in [-0.3, -0.25) is 0 Å². The number of hydrogen-bond acceptors (Lipinski definition) is 4. The molecule has 1 aromatic rings. The maximum atomic E-state index is 5.80. The number of methoxy groups -OCH3 is 1. The summed E-state index contributed by atoms with van der Waals surface area (Å²) >= 11 is 1.81. The summed E-state index contributed by atoms with van der Waals surface area (Å²) in [5.74, 6) is 1.05. The van der Waals surface area contributed by atoms with Gasteiger partial charge in [0.25, 0.3) is 0 Å². The molecule has 0 spiro atoms. The van der Waals surface area contributed by atoms with Gasteiger partial charge in [0.15, 0.2) is 0 Å². The predicted molar refractivity (Wildman–Crippen MR) is 71.4 cm³/mol. The minimum absolute atomic E-state index is 0.590. The molecule has 0 atom stereocenters. The molecule has 17 heavy (non-hydrogen) atoms. The van der Waals surface area contributed by atoms with Crippen LogP contribution in [0.1, 0.15) is 29.7 Å². The third kappa shape index (κ3) is 3.21. The Kier molecular flexibility index (Phi) is 4.83. The number of fused-ring (bicyclic) bond motifs is 1. The van der Waals surface area contributed by atoms with Crippen LogP contribution in [0.5, 0.6) is 0 Å². The normalized spacial score (nSPS) is 14.0. The molecule has 1 aliphatic carbocycles. The van der Waals surface area contributed by atoms with Gasteiger partial charge in [-0.05, 0) is 36.8 Å². The van der Waals surface area contributed by atoms with Crippen molar-refractivity contribution in [2.24, 2.45) is 5.73 Å². The highest BCUT2D eigenvalue weighted by atomic mass is 32.2. The number of thioether (sulfide) groups is 1. The molecule has 1 aliphatic rings. The number of aromatic nitrogens is 1. The number of nitrogens with zero attached hydrogens (tertiary/aromatic N) is 1. The van der Waals surface area contributed by atoms with Crippen molar-refractivity contribution < 1.29 is 4.74 Å². The Labute approximate surface area is 107 Å². The second-order valence-electron chi connectivity index (χ2n) is 4.31. The van der Waals surface area contributed by atoms with E-state index in [4.69, 9.17) is 15.5 Å². The van der Waals surface area contributed by atoms with Crippen LogP contribution in [0, 0.1) is 0 Å². The van der Waals surface area contributed by atoms with Crippen molar-refractivity contribution in [3.8, 4) is 0 Å². The van der Waals surface area contributed by atoms with Crippen LogP contribution in [0.4, 0.5) is 0 Å². The van der Waals surface area contributed by atoms with Crippen LogP contribution in [-0.4, -0.2) is 24.5 Å². The summed E-state index contributed by atoms with van der Waals surface area (Å²) in [5, 5.41) is 1.13. The summed E-state index contributed by atoms with van der Waals surface area (Å²) in [6.45, 7) is 1.41. The standard InChI is InChI=1S/C13H20N2OS/c1-16-6-3-7-17-13-11(9-14)8-10-4-2-5-12(10)15-13/h8H,2-7,9,14H2,1H3. The monoisotopic (exact) mass is 252 g/mol. The molecule has 0 bridgehead atoms. The maximum Gasteiger partial charge on any atom is 0.101 e. The van der Waals surface area contributed by atoms with Crippen LogP contribution < -0.4 is 5.73 Å². The minimum Gasteiger partial charge on any atom is -0.385 e. The molecule has 0 aliphatic heterocycles. The zero-order chi connectivity index (χ0) is 12.1. The molecule has 0 radical (unpaired) electrons. The van der Waals surface area contributed by atoms with Gasteiger partial charge in [-0.2, -0.15) is 0 Å². The maximum absolute atomic E-state index is 5.80. The molecule has 1 heterocycles. The number of rotatable bonds is 6. The average molecular weight is 252 g/mol. The lowest BCUT2D eigenvalue weighted by Crippen LogP contribution is -2.04. The van der Waals surface area contributed by atoms with E-state index in [2.05, 4.69) is 6.07 Å². The fourth-order valence-electron chi connectivity index (χ4n) is 2.14. The SMILES string of the molecule is COCCCSc1nc2c(cc1CN)CCC2. The lowest BCUT2D eigenvalue weighted by molar-refractivity contribution is 0.200. The fraction of sp³-hybridized carbons (Fsp3) is 0.615. The molecule has 94 valence electrons. The molecule has 0 saturated carbocycles. The van der Waals surface area contributed by atoms with Crippen molar-refractivity contribution in [2.75, 3.05) is 19.5 Å². The van der Waals surface area contributed by atoms with Gasteiger partial charge < -0.3 is 10.5 Å². The van der Waals surface area contributed by atoms with E-state index in [9.17, 15) is 0 Å². The van der Waals surface area contributed by atoms with E-state index in [1.54, 1.807) is 18.9 Å². The first-order chi connectivity index (χ1) is 8.35. The van der Waals surface area contributed by atoms with Crippen LogP contribution in [0.2, 0.25) is 0 Å². The minimum atomic E-state index is 0.590. The summed E-state index contributed by atoms with van der Waals surface area (Å²) in [7, 11) is 1.74. The highest BCUT2D eigenvalue weighted by Gasteiger charge is 2.15. The quantitative estimate of drug-likeness (QED) is 0.622. The lowest BCUT2D eigenvalue weighted by Gasteiger charge is -2.09. The Morgan fingerprint density at radius 1 is 1.47 bits per heavy atom. The predicted octanol–water partition coefficient (Wildman–Crippen LogP) is 2.16. The topological polar surface area (TPSA) is 48.1 Å². The summed E-state index contributed by atoms with van der Waals surface area (Å²) in [6, 6.07) is 2.26. The number of pyridine rings is 1. The number of aryl methyl sites for hydroxylation is 2. The molecule has 0 aromatic carbocycles. The fourth-order valence-corrected chi connectivity index (χ4v) is 3.10. The zero-order valence-corrected chi connectivity index (χ0v) is 11.2. The Morgan fingerprint density at radius 2 is 2.35 bits per heavy atom. The molecule has 1 aromatic heterocycles. The van der Waals surface area contributed by atoms with E-state index >= 15 is 0 Å². The third-order valence-electron chi connectivity index (χ3n) is 3.04. The van der Waals surface area contributed by atoms with Crippen molar-refractivity contribution in [3.05, 3.63) is 22.9 Å². The molecule has 2 rings (SSSR count). The van der Waals surface area contributed by atoms with Gasteiger partial charge in [0.2, 0.25) is 0 Å². The first kappa shape index (κ1) is 12.9. The van der Waals surface area contributed by atoms with E-state index in [0.29, 0.717) is 6.54 Å². The molecule has 4 heteroatoms. The van der Waals surface area contributed by atoms with Crippen molar-refractivity contribution in [3.63, 3.8) is 0 Å². The Balaban J connectivity index is 2.04. The first-order valence-corrected chi connectivity index (χ1v) is 7.17. The number of ether oxygens (including phenoxy) is 1. The Bertz CT molecular complexity index is 382. The van der Waals surface area contributed by atoms with Gasteiger partial charge in [0, 0.05) is 31.7 Å². The van der Waals surface area contributed by atoms with Crippen LogP contribution in [0.3, 0.4) is 0 Å². The van der Waals surface area contributed by atoms with Crippen molar-refractivity contribution in [1.82, 2.24) is 4.98 Å². The van der Waals surface area contributed by atoms with Crippen LogP contribution in [-0.2, 0) is 24.1 Å². The molecular weight excluding hydrogens is 232 g/mol. The van der Waals surface area contributed by atoms with E-state index in [-0.39, 0.29) is 0 Å². The zero-order valence-electron chi connectivity index (χ0n) is 10.4. The summed E-state index contributed by atoms with van der Waals surface area (Å²) < 4.78 is 5.05. The van der Waals surface area contributed by atoms with Gasteiger partial charge in [0.05, 0.1) is 0 Å². The average Bonchev–Trinajstić information content (AvgIpc) is 2.80. The molecule has 0 fully saturated rings. The van der Waals surface area contributed by atoms with Gasteiger partial charge in [-0.1, -0.05) is 6.07 Å². The number of hydrogen-bond donors (Lipinski definition) is 1. The summed E-state index contributed by atoms with van der Waals surface area (Å²) in [4.78, 5) is 4.76. The van der Waals surface area contributed by atoms with Crippen molar-refractivity contribution in [1.29, 1.82) is 0 Å². The van der Waals surface area contributed by atoms with Gasteiger partial charge in [-0.25, -0.2) is 4.98 Å². The van der Waals surface area contributed by atoms with Crippen molar-refractivity contribution in [2.45, 2.75) is 37.3 Å². The first-order valence-electron chi connectivity index (χ1n) is 6.18. The molecule has 3 nitrogen and oxygen atoms in total. The van der Waals surface area contributed by atoms with Crippen LogP contribution in [0.25, 0.3) is 0 Å². The Hall–Kier alpha value is -0.580. The number of nitrogens with two attached hydrogens (primary N) is 1. The van der Waals surface area contributed by atoms with Crippen LogP contribution in [0.15, 0.2) is 11.1 Å². The summed E-state index contributed by atoms with van der Waals surface area (Å²) in [5.41, 5.74) is 9.70. The molecule has 0 unspecified atom stereocenters. The molecular formula is C13H20N2OS. The van der Waals surface area contributed by atoms with Gasteiger partial charge in [0.1, 0.15) is 5.03 Å².